The summed E-state index contributed by atoms with van der Waals surface area (Å²) in [4.78, 5) is 30.7. The maximum atomic E-state index is 13.8. The number of benzene rings is 3. The van der Waals surface area contributed by atoms with Gasteiger partial charge in [0, 0.05) is 46.8 Å². The molecule has 0 spiro atoms. The van der Waals surface area contributed by atoms with E-state index in [4.69, 9.17) is 4.74 Å². The Bertz CT molecular complexity index is 1940. The molecule has 9 nitrogen and oxygen atoms in total. The Morgan fingerprint density at radius 2 is 1.68 bits per heavy atom. The second-order valence-electron chi connectivity index (χ2n) is 9.71. The molecule has 204 valence electrons. The first kappa shape index (κ1) is 25.8. The number of nitrogens with zero attached hydrogens (tertiary/aromatic N) is 4. The van der Waals surface area contributed by atoms with Crippen molar-refractivity contribution in [1.29, 1.82) is 0 Å². The van der Waals surface area contributed by atoms with Gasteiger partial charge in [-0.15, -0.1) is 0 Å². The molecule has 0 fully saturated rings. The van der Waals surface area contributed by atoms with E-state index in [2.05, 4.69) is 20.3 Å². The summed E-state index contributed by atoms with van der Waals surface area (Å²) >= 11 is 0. The fourth-order valence-corrected chi connectivity index (χ4v) is 4.88. The number of H-pyrrole nitrogens is 2. The van der Waals surface area contributed by atoms with Gasteiger partial charge in [0.2, 0.25) is 0 Å². The monoisotopic (exact) mass is 548 g/mol. The highest BCUT2D eigenvalue weighted by molar-refractivity contribution is 6.11. The molecule has 0 saturated carbocycles. The van der Waals surface area contributed by atoms with Crippen molar-refractivity contribution in [3.63, 3.8) is 0 Å². The number of anilines is 2. The second-order valence-corrected chi connectivity index (χ2v) is 9.71. The SMILES string of the molecule is Cc1cc(C)c(C(=O)N(c2ccc(F)cc2)c2ccc(Oc3cc4cnn(C)c4cc3-c3cn[nH]c3)cc2)c(=O)[nH]1. The molecular formula is C31H25FN6O3. The van der Waals surface area contributed by atoms with E-state index in [0.717, 1.165) is 22.0 Å². The van der Waals surface area contributed by atoms with Crippen molar-refractivity contribution in [2.24, 2.45) is 7.05 Å². The van der Waals surface area contributed by atoms with Gasteiger partial charge in [-0.25, -0.2) is 4.39 Å². The topological polar surface area (TPSA) is 109 Å². The smallest absolute Gasteiger partial charge is 0.268 e. The Balaban J connectivity index is 1.39. The van der Waals surface area contributed by atoms with Crippen molar-refractivity contribution in [2.45, 2.75) is 13.8 Å². The molecule has 3 heterocycles. The molecule has 0 aliphatic rings. The lowest BCUT2D eigenvalue weighted by Gasteiger charge is -2.24. The number of carbonyl (C=O) groups is 1. The highest BCUT2D eigenvalue weighted by atomic mass is 19.1. The first-order valence-corrected chi connectivity index (χ1v) is 12.8. The molecule has 0 aliphatic heterocycles. The molecule has 6 rings (SSSR count). The minimum Gasteiger partial charge on any atom is -0.457 e. The number of hydrogen-bond acceptors (Lipinski definition) is 5. The van der Waals surface area contributed by atoms with Gasteiger partial charge < -0.3 is 9.72 Å². The van der Waals surface area contributed by atoms with Crippen LogP contribution in [0.2, 0.25) is 0 Å². The van der Waals surface area contributed by atoms with Crippen LogP contribution in [0.25, 0.3) is 22.0 Å². The fourth-order valence-electron chi connectivity index (χ4n) is 4.88. The van der Waals surface area contributed by atoms with E-state index in [1.54, 1.807) is 67.5 Å². The number of rotatable bonds is 6. The van der Waals surface area contributed by atoms with Crippen molar-refractivity contribution < 1.29 is 13.9 Å². The highest BCUT2D eigenvalue weighted by Crippen LogP contribution is 2.37. The van der Waals surface area contributed by atoms with E-state index in [0.29, 0.717) is 34.1 Å². The van der Waals surface area contributed by atoms with Gasteiger partial charge in [0.05, 0.1) is 17.9 Å². The average molecular weight is 549 g/mol. The zero-order chi connectivity index (χ0) is 28.7. The summed E-state index contributed by atoms with van der Waals surface area (Å²) in [5.41, 5.74) is 4.23. The molecule has 0 radical (unpaired) electrons. The third-order valence-electron chi connectivity index (χ3n) is 6.85. The third kappa shape index (κ3) is 4.87. The number of nitrogens with one attached hydrogen (secondary N) is 2. The summed E-state index contributed by atoms with van der Waals surface area (Å²) in [7, 11) is 1.88. The molecule has 0 bridgehead atoms. The number of carbonyl (C=O) groups excluding carboxylic acids is 1. The predicted molar refractivity (Wildman–Crippen MR) is 154 cm³/mol. The molecule has 41 heavy (non-hydrogen) atoms. The Morgan fingerprint density at radius 1 is 0.976 bits per heavy atom. The van der Waals surface area contributed by atoms with Crippen LogP contribution in [0.4, 0.5) is 15.8 Å². The van der Waals surface area contributed by atoms with Crippen molar-refractivity contribution in [3.05, 3.63) is 118 Å². The molecular weight excluding hydrogens is 523 g/mol. The summed E-state index contributed by atoms with van der Waals surface area (Å²) < 4.78 is 21.9. The number of amides is 1. The lowest BCUT2D eigenvalue weighted by Crippen LogP contribution is -2.32. The first-order valence-electron chi connectivity index (χ1n) is 12.8. The number of hydrogen-bond donors (Lipinski definition) is 2. The van der Waals surface area contributed by atoms with E-state index in [-0.39, 0.29) is 5.56 Å². The molecule has 0 unspecified atom stereocenters. The Hall–Kier alpha value is -5.51. The summed E-state index contributed by atoms with van der Waals surface area (Å²) in [6.07, 6.45) is 5.27. The van der Waals surface area contributed by atoms with Gasteiger partial charge in [-0.1, -0.05) is 0 Å². The van der Waals surface area contributed by atoms with Crippen LogP contribution < -0.4 is 15.2 Å². The van der Waals surface area contributed by atoms with E-state index in [1.807, 2.05) is 19.2 Å². The van der Waals surface area contributed by atoms with Crippen molar-refractivity contribution >= 4 is 28.2 Å². The van der Waals surface area contributed by atoms with Gasteiger partial charge in [0.15, 0.2) is 0 Å². The normalized spacial score (nSPS) is 11.1. The largest absolute Gasteiger partial charge is 0.457 e. The van der Waals surface area contributed by atoms with Gasteiger partial charge >= 0.3 is 0 Å². The Kier molecular flexibility index (Phi) is 6.43. The Morgan fingerprint density at radius 3 is 2.34 bits per heavy atom. The summed E-state index contributed by atoms with van der Waals surface area (Å²) in [6.45, 7) is 3.47. The number of halogens is 1. The number of ether oxygens (including phenoxy) is 1. The van der Waals surface area contributed by atoms with Gasteiger partial charge in [0.1, 0.15) is 22.9 Å². The van der Waals surface area contributed by atoms with Gasteiger partial charge in [-0.3, -0.25) is 24.3 Å². The molecule has 10 heteroatoms. The number of aromatic amines is 2. The number of aryl methyl sites for hydroxylation is 3. The van der Waals surface area contributed by atoms with E-state index in [9.17, 15) is 14.0 Å². The van der Waals surface area contributed by atoms with Crippen LogP contribution in [-0.2, 0) is 7.05 Å². The first-order chi connectivity index (χ1) is 19.8. The van der Waals surface area contributed by atoms with Gasteiger partial charge in [-0.05, 0) is 86.1 Å². The van der Waals surface area contributed by atoms with E-state index < -0.39 is 17.3 Å². The second kappa shape index (κ2) is 10.2. The number of pyridine rings is 1. The van der Waals surface area contributed by atoms with Crippen molar-refractivity contribution in [3.8, 4) is 22.6 Å². The lowest BCUT2D eigenvalue weighted by molar-refractivity contribution is 0.0997. The summed E-state index contributed by atoms with van der Waals surface area (Å²) in [6, 6.07) is 18.1. The lowest BCUT2D eigenvalue weighted by atomic mass is 10.1. The van der Waals surface area contributed by atoms with Crippen molar-refractivity contribution in [1.82, 2.24) is 25.0 Å². The van der Waals surface area contributed by atoms with Crippen LogP contribution in [0.15, 0.2) is 90.1 Å². The van der Waals surface area contributed by atoms with Crippen LogP contribution >= 0.6 is 0 Å². The zero-order valence-corrected chi connectivity index (χ0v) is 22.5. The van der Waals surface area contributed by atoms with E-state index in [1.165, 1.54) is 29.2 Å². The molecule has 0 atom stereocenters. The molecule has 0 saturated heterocycles. The quantitative estimate of drug-likeness (QED) is 0.258. The molecule has 6 aromatic rings. The van der Waals surface area contributed by atoms with Gasteiger partial charge in [0.25, 0.3) is 11.5 Å². The number of aromatic nitrogens is 5. The third-order valence-corrected chi connectivity index (χ3v) is 6.85. The molecule has 2 N–H and O–H groups in total. The minimum absolute atomic E-state index is 0.00905. The molecule has 3 aromatic heterocycles. The fraction of sp³-hybridized carbons (Fsp3) is 0.0968. The average Bonchev–Trinajstić information content (AvgIpc) is 3.60. The number of fused-ring (bicyclic) bond motifs is 1. The summed E-state index contributed by atoms with van der Waals surface area (Å²) in [5.74, 6) is 0.159. The van der Waals surface area contributed by atoms with Crippen LogP contribution in [0.5, 0.6) is 11.5 Å². The summed E-state index contributed by atoms with van der Waals surface area (Å²) in [5, 5.41) is 12.2. The standard InChI is InChI=1S/C31H25FN6O3/c1-18-12-19(2)36-30(39)29(18)31(40)38(23-6-4-22(32)5-7-23)24-8-10-25(11-9-24)41-28-13-20-17-35-37(3)27(20)14-26(28)21-15-33-34-16-21/h4-17H,1-3H3,(H,33,34)(H,36,39). The molecule has 0 aliphatic carbocycles. The highest BCUT2D eigenvalue weighted by Gasteiger charge is 2.25. The minimum atomic E-state index is -0.534. The molecule has 1 amide bonds. The van der Waals surface area contributed by atoms with Crippen molar-refractivity contribution in [2.75, 3.05) is 4.90 Å². The van der Waals surface area contributed by atoms with Crippen LogP contribution in [-0.4, -0.2) is 30.9 Å². The zero-order valence-electron chi connectivity index (χ0n) is 22.5. The predicted octanol–water partition coefficient (Wildman–Crippen LogP) is 6.18. The molecule has 3 aromatic carbocycles. The maximum absolute atomic E-state index is 13.8. The van der Waals surface area contributed by atoms with Crippen LogP contribution in [0.1, 0.15) is 21.6 Å². The maximum Gasteiger partial charge on any atom is 0.268 e. The van der Waals surface area contributed by atoms with Crippen LogP contribution in [0.3, 0.4) is 0 Å². The van der Waals surface area contributed by atoms with Crippen LogP contribution in [0, 0.1) is 19.7 Å². The Labute approximate surface area is 233 Å². The van der Waals surface area contributed by atoms with Gasteiger partial charge in [-0.2, -0.15) is 10.2 Å². The van der Waals surface area contributed by atoms with E-state index >= 15 is 0 Å².